The van der Waals surface area contributed by atoms with E-state index < -0.39 is 27.0 Å². The van der Waals surface area contributed by atoms with E-state index in [1.54, 1.807) is 18.0 Å². The van der Waals surface area contributed by atoms with Crippen LogP contribution in [0.4, 0.5) is 10.6 Å². The summed E-state index contributed by atoms with van der Waals surface area (Å²) in [6, 6.07) is 16.8. The Morgan fingerprint density at radius 1 is 1.15 bits per heavy atom. The zero-order chi connectivity index (χ0) is 34.4. The summed E-state index contributed by atoms with van der Waals surface area (Å²) in [5.41, 5.74) is 5.50. The lowest BCUT2D eigenvalue weighted by atomic mass is 9.98. The van der Waals surface area contributed by atoms with Crippen LogP contribution in [0.1, 0.15) is 65.7 Å². The lowest BCUT2D eigenvalue weighted by Gasteiger charge is -2.36. The third kappa shape index (κ3) is 6.78. The van der Waals surface area contributed by atoms with Crippen LogP contribution in [-0.2, 0) is 18.5 Å². The van der Waals surface area contributed by atoms with Crippen LogP contribution >= 0.6 is 8.53 Å². The maximum atomic E-state index is 13.0. The first-order valence-corrected chi connectivity index (χ1v) is 16.4. The molecule has 2 N–H and O–H groups in total. The Morgan fingerprint density at radius 3 is 2.41 bits per heavy atom. The number of hydrogen-bond donors (Lipinski definition) is 2. The molecule has 1 aliphatic heterocycles. The number of hydrogen-bond acceptors (Lipinski definition) is 10. The number of fused-ring (bicyclic) bond motifs is 4. The van der Waals surface area contributed by atoms with Gasteiger partial charge in [0.05, 0.1) is 18.5 Å². The average molecular weight is 654 g/mol. The number of aliphatic hydroxyl groups is 1. The molecule has 1 amide bonds. The summed E-state index contributed by atoms with van der Waals surface area (Å²) in [6.07, 6.45) is 1.58. The first-order valence-electron chi connectivity index (χ1n) is 16.4. The molecule has 1 aliphatic carbocycles. The van der Waals surface area contributed by atoms with Gasteiger partial charge in [0, 0.05) is 40.0 Å². The molecule has 1 fully saturated rings. The summed E-state index contributed by atoms with van der Waals surface area (Å²) >= 11 is 0. The predicted molar refractivity (Wildman–Crippen MR) is 177 cm³/mol. The molecule has 2 unspecified atom stereocenters. The monoisotopic (exact) mass is 653 g/mol. The minimum absolute atomic E-state index is 0.0353. The fourth-order valence-corrected chi connectivity index (χ4v) is 7.74. The first-order chi connectivity index (χ1) is 23.2. The van der Waals surface area contributed by atoms with Crippen LogP contribution < -0.4 is 5.32 Å². The van der Waals surface area contributed by atoms with Crippen molar-refractivity contribution in [1.29, 1.82) is 1.43 Å². The lowest BCUT2D eigenvalue weighted by molar-refractivity contribution is -0.00447. The predicted octanol–water partition coefficient (Wildman–Crippen LogP) is 6.48. The van der Waals surface area contributed by atoms with Gasteiger partial charge in [-0.15, -0.1) is 0 Å². The minimum atomic E-state index is -1.35. The molecular formula is C33H43N6O6P. The van der Waals surface area contributed by atoms with Crippen molar-refractivity contribution in [3.63, 3.8) is 0 Å². The number of carbonyl (C=O) groups is 1. The topological polar surface area (TPSA) is 133 Å². The van der Waals surface area contributed by atoms with Gasteiger partial charge in [-0.1, -0.05) is 48.5 Å². The van der Waals surface area contributed by atoms with Crippen LogP contribution in [0.15, 0.2) is 61.2 Å². The molecule has 13 heteroatoms. The van der Waals surface area contributed by atoms with E-state index in [1.807, 2.05) is 24.3 Å². The van der Waals surface area contributed by atoms with Gasteiger partial charge in [-0.2, -0.15) is 0 Å². The van der Waals surface area contributed by atoms with E-state index in [1.165, 1.54) is 13.4 Å². The molecule has 2 aliphatic rings. The molecule has 1 saturated heterocycles. The highest BCUT2D eigenvalue weighted by Gasteiger charge is 2.39. The number of amides is 1. The molecule has 0 bridgehead atoms. The fourth-order valence-electron chi connectivity index (χ4n) is 6.15. The second-order valence-electron chi connectivity index (χ2n) is 11.5. The largest absolute Gasteiger partial charge is 0.448 e. The fraction of sp³-hybridized carbons (Fsp3) is 0.455. The number of aliphatic hydroxyl groups excluding tert-OH is 1. The van der Waals surface area contributed by atoms with Gasteiger partial charge < -0.3 is 23.6 Å². The van der Waals surface area contributed by atoms with E-state index in [0.717, 1.165) is 22.3 Å². The number of nitrogens with zero attached hydrogens (tertiary/aromatic N) is 5. The van der Waals surface area contributed by atoms with Crippen molar-refractivity contribution < 1.29 is 29.8 Å². The summed E-state index contributed by atoms with van der Waals surface area (Å²) in [7, 11) is 1.59. The Kier molecular flexibility index (Phi) is 10.1. The lowest BCUT2D eigenvalue weighted by Crippen LogP contribution is -2.35. The van der Waals surface area contributed by atoms with Crippen molar-refractivity contribution in [2.45, 2.75) is 77.5 Å². The van der Waals surface area contributed by atoms with Gasteiger partial charge >= 0.3 is 6.09 Å². The summed E-state index contributed by atoms with van der Waals surface area (Å²) in [4.78, 5) is 26.2. The smallest absolute Gasteiger partial charge is 0.412 e. The van der Waals surface area contributed by atoms with Crippen LogP contribution in [0, 0.1) is 0 Å². The molecule has 4 aromatic rings. The molecule has 2 aromatic carbocycles. The van der Waals surface area contributed by atoms with E-state index in [-0.39, 0.29) is 43.4 Å². The Balaban J connectivity index is 0.00000145. The highest BCUT2D eigenvalue weighted by molar-refractivity contribution is 7.44. The Hall–Kier alpha value is -3.51. The zero-order valence-corrected chi connectivity index (χ0v) is 27.9. The minimum Gasteiger partial charge on any atom is -0.448 e. The molecule has 12 nitrogen and oxygen atoms in total. The highest BCUT2D eigenvalue weighted by Crippen LogP contribution is 2.49. The average Bonchev–Trinajstić information content (AvgIpc) is 3.77. The highest BCUT2D eigenvalue weighted by atomic mass is 31.2. The number of nitrogens with one attached hydrogen (secondary N) is 1. The van der Waals surface area contributed by atoms with Crippen molar-refractivity contribution >= 4 is 31.6 Å². The molecule has 0 radical (unpaired) electrons. The van der Waals surface area contributed by atoms with Gasteiger partial charge in [-0.25, -0.2) is 24.4 Å². The van der Waals surface area contributed by atoms with E-state index in [2.05, 4.69) is 82.0 Å². The van der Waals surface area contributed by atoms with Crippen LogP contribution in [0.25, 0.3) is 22.3 Å². The Bertz CT molecular complexity index is 1630. The van der Waals surface area contributed by atoms with Gasteiger partial charge in [0.15, 0.2) is 17.0 Å². The molecular weight excluding hydrogens is 607 g/mol. The van der Waals surface area contributed by atoms with Gasteiger partial charge in [0.25, 0.3) is 8.53 Å². The van der Waals surface area contributed by atoms with Gasteiger partial charge in [-0.3, -0.25) is 9.88 Å². The summed E-state index contributed by atoms with van der Waals surface area (Å²) < 4.78 is 42.1. The van der Waals surface area contributed by atoms with Gasteiger partial charge in [-0.05, 0) is 56.8 Å². The van der Waals surface area contributed by atoms with E-state index >= 15 is 0 Å². The first kappa shape index (κ1) is 31.1. The molecule has 6 rings (SSSR count). The SMILES string of the molecule is [2H]C[C@H]1O[C@@H](n2cnc3c(NC(=O)OCC4c5ccccc5-c5ccccc54)ncnc32)CC1OP(OC)N(C(C)C)C(C)C.[3H]OC. The second-order valence-corrected chi connectivity index (χ2v) is 13.0. The molecule has 3 heterocycles. The molecule has 246 valence electrons. The van der Waals surface area contributed by atoms with E-state index in [9.17, 15) is 4.79 Å². The molecule has 2 aromatic heterocycles. The van der Waals surface area contributed by atoms with Gasteiger partial charge in [0.1, 0.15) is 19.2 Å². The molecule has 46 heavy (non-hydrogen) atoms. The molecule has 0 saturated carbocycles. The number of rotatable bonds is 10. The normalized spacial score (nSPS) is 20.2. The van der Waals surface area contributed by atoms with Crippen molar-refractivity contribution in [2.24, 2.45) is 0 Å². The van der Waals surface area contributed by atoms with Crippen molar-refractivity contribution in [3.8, 4) is 11.1 Å². The van der Waals surface area contributed by atoms with E-state index in [0.29, 0.717) is 17.6 Å². The van der Waals surface area contributed by atoms with Crippen molar-refractivity contribution in [2.75, 3.05) is 26.1 Å². The summed E-state index contributed by atoms with van der Waals surface area (Å²) in [5.74, 6) is 0.186. The van der Waals surface area contributed by atoms with Crippen LogP contribution in [0.2, 0.25) is 0 Å². The van der Waals surface area contributed by atoms with Crippen LogP contribution in [-0.4, -0.2) is 81.9 Å². The third-order valence-electron chi connectivity index (χ3n) is 8.04. The Labute approximate surface area is 273 Å². The Morgan fingerprint density at radius 2 is 1.80 bits per heavy atom. The maximum absolute atomic E-state index is 13.0. The summed E-state index contributed by atoms with van der Waals surface area (Å²) in [5, 5.41) is 6.25. The summed E-state index contributed by atoms with van der Waals surface area (Å²) in [6.45, 7) is 8.66. The molecule has 0 spiro atoms. The number of aromatic nitrogens is 4. The number of imidazole rings is 1. The number of anilines is 1. The molecule has 4 atom stereocenters. The van der Waals surface area contributed by atoms with Crippen LogP contribution in [0.5, 0.6) is 0 Å². The zero-order valence-electron chi connectivity index (χ0n) is 29.0. The number of ether oxygens (including phenoxy) is 2. The number of carbonyl (C=O) groups excluding carboxylic acids is 1. The van der Waals surface area contributed by atoms with Gasteiger partial charge in [0.2, 0.25) is 1.43 Å². The maximum Gasteiger partial charge on any atom is 0.412 e. The second kappa shape index (κ2) is 14.9. The quantitative estimate of drug-likeness (QED) is 0.183. The van der Waals surface area contributed by atoms with Crippen molar-refractivity contribution in [3.05, 3.63) is 72.3 Å². The number of benzene rings is 2. The van der Waals surface area contributed by atoms with Crippen LogP contribution in [0.3, 0.4) is 0 Å². The van der Waals surface area contributed by atoms with E-state index in [4.69, 9.17) is 21.3 Å². The van der Waals surface area contributed by atoms with Crippen molar-refractivity contribution in [1.82, 2.24) is 24.2 Å². The third-order valence-corrected chi connectivity index (χ3v) is 10.1. The standard InChI is InChI=1S/C32H39N6O5P.CH4O/c1-19(2)38(20(3)4)44(40-6)43-27-15-28(42-21(27)5)37-18-35-29-30(33-17-34-31(29)37)36-32(39)41-16-26-24-13-9-7-11-22(24)23-12-8-10-14-25(23)26;1-2/h7-14,17-21,26-28H,15-16H2,1-6H3,(H,33,34,36,39);2H,1H3/t21-,27?,28-,44?;/m1./s1/i5D;2T.